The summed E-state index contributed by atoms with van der Waals surface area (Å²) < 4.78 is 11.0. The molecule has 2 heterocycles. The van der Waals surface area contributed by atoms with Crippen molar-refractivity contribution in [3.05, 3.63) is 112 Å². The Labute approximate surface area is 214 Å². The van der Waals surface area contributed by atoms with Crippen LogP contribution in [-0.2, 0) is 4.79 Å². The number of hydrogen-bond donors (Lipinski definition) is 1. The molecule has 2 N–H and O–H groups in total. The molecule has 0 radical (unpaired) electrons. The van der Waals surface area contributed by atoms with Gasteiger partial charge < -0.3 is 15.2 Å². The Kier molecular flexibility index (Phi) is 5.40. The molecule has 3 aliphatic rings. The van der Waals surface area contributed by atoms with Crippen LogP contribution in [0.5, 0.6) is 11.5 Å². The van der Waals surface area contributed by atoms with E-state index < -0.39 is 5.92 Å². The fourth-order valence-corrected chi connectivity index (χ4v) is 5.55. The van der Waals surface area contributed by atoms with Gasteiger partial charge in [0.25, 0.3) is 0 Å². The second-order valence-corrected chi connectivity index (χ2v) is 9.22. The van der Waals surface area contributed by atoms with Gasteiger partial charge in [-0.3, -0.25) is 9.69 Å². The lowest BCUT2D eigenvalue weighted by atomic mass is 9.71. The zero-order valence-corrected chi connectivity index (χ0v) is 19.8. The summed E-state index contributed by atoms with van der Waals surface area (Å²) in [6, 6.07) is 27.0. The van der Waals surface area contributed by atoms with E-state index in [0.29, 0.717) is 46.9 Å². The fraction of sp³-hybridized carbons (Fsp3) is 0.167. The topological polar surface area (TPSA) is 112 Å². The summed E-state index contributed by atoms with van der Waals surface area (Å²) in [6.45, 7) is 0.122. The number of benzene rings is 3. The Hall–Kier alpha value is -5.01. The van der Waals surface area contributed by atoms with Gasteiger partial charge in [0, 0.05) is 17.7 Å². The van der Waals surface area contributed by atoms with Crippen LogP contribution in [0.4, 0.5) is 5.69 Å². The summed E-state index contributed by atoms with van der Waals surface area (Å²) in [4.78, 5) is 15.7. The van der Waals surface area contributed by atoms with Crippen LogP contribution >= 0.6 is 0 Å². The summed E-state index contributed by atoms with van der Waals surface area (Å²) in [5, 5.41) is 20.2. The molecule has 0 saturated heterocycles. The molecule has 0 spiro atoms. The molecule has 0 aromatic heterocycles. The van der Waals surface area contributed by atoms with Gasteiger partial charge in [0.05, 0.1) is 28.8 Å². The molecule has 7 nitrogen and oxygen atoms in total. The number of allylic oxidation sites excluding steroid dienone is 3. The summed E-state index contributed by atoms with van der Waals surface area (Å²) in [6.07, 6.45) is 0.849. The Morgan fingerprint density at radius 3 is 2.41 bits per heavy atom. The summed E-state index contributed by atoms with van der Waals surface area (Å²) in [5.74, 6) is 0.652. The number of nitrogens with zero attached hydrogens (tertiary/aromatic N) is 3. The van der Waals surface area contributed by atoms with E-state index in [1.807, 2.05) is 48.5 Å². The molecule has 2 atom stereocenters. The number of Topliss-reactive ketones (excluding diaryl/α,β-unsaturated/α-hetero) is 1. The van der Waals surface area contributed by atoms with Crippen molar-refractivity contribution >= 4 is 11.5 Å². The van der Waals surface area contributed by atoms with E-state index in [1.54, 1.807) is 29.2 Å². The third-order valence-electron chi connectivity index (χ3n) is 7.23. The Balaban J connectivity index is 1.58. The fourth-order valence-electron chi connectivity index (χ4n) is 5.55. The quantitative estimate of drug-likeness (QED) is 0.555. The lowest BCUT2D eigenvalue weighted by Gasteiger charge is -2.41. The Bertz CT molecular complexity index is 1580. The maximum Gasteiger partial charge on any atom is 0.231 e. The molecule has 180 valence electrons. The molecule has 0 unspecified atom stereocenters. The highest BCUT2D eigenvalue weighted by molar-refractivity contribution is 6.02. The highest BCUT2D eigenvalue weighted by atomic mass is 16.7. The van der Waals surface area contributed by atoms with Crippen molar-refractivity contribution in [2.24, 2.45) is 5.73 Å². The minimum absolute atomic E-state index is 0.0440. The van der Waals surface area contributed by atoms with Crippen LogP contribution in [0.15, 0.2) is 95.5 Å². The summed E-state index contributed by atoms with van der Waals surface area (Å²) in [7, 11) is 0. The van der Waals surface area contributed by atoms with Gasteiger partial charge in [-0.15, -0.1) is 0 Å². The number of nitriles is 2. The van der Waals surface area contributed by atoms with E-state index in [9.17, 15) is 15.3 Å². The van der Waals surface area contributed by atoms with Crippen molar-refractivity contribution < 1.29 is 14.3 Å². The van der Waals surface area contributed by atoms with Gasteiger partial charge in [-0.2, -0.15) is 10.5 Å². The molecule has 6 rings (SSSR count). The zero-order valence-electron chi connectivity index (χ0n) is 19.8. The van der Waals surface area contributed by atoms with Gasteiger partial charge in [-0.25, -0.2) is 0 Å². The van der Waals surface area contributed by atoms with Crippen LogP contribution in [-0.4, -0.2) is 12.6 Å². The van der Waals surface area contributed by atoms with Crippen molar-refractivity contribution in [1.29, 1.82) is 10.5 Å². The number of ketones is 1. The Morgan fingerprint density at radius 2 is 1.62 bits per heavy atom. The lowest BCUT2D eigenvalue weighted by Crippen LogP contribution is -2.40. The maximum atomic E-state index is 14.0. The number of para-hydroxylation sites is 1. The predicted octanol–water partition coefficient (Wildman–Crippen LogP) is 4.99. The van der Waals surface area contributed by atoms with Gasteiger partial charge in [-0.05, 0) is 47.7 Å². The van der Waals surface area contributed by atoms with Gasteiger partial charge in [0.1, 0.15) is 11.9 Å². The average Bonchev–Trinajstić information content (AvgIpc) is 3.41. The maximum absolute atomic E-state index is 14.0. The number of rotatable bonds is 3. The summed E-state index contributed by atoms with van der Waals surface area (Å²) >= 11 is 0. The van der Waals surface area contributed by atoms with Crippen LogP contribution in [0.1, 0.15) is 41.4 Å². The molecule has 3 aromatic rings. The number of hydrogen-bond acceptors (Lipinski definition) is 7. The smallest absolute Gasteiger partial charge is 0.231 e. The van der Waals surface area contributed by atoms with Crippen LogP contribution in [0, 0.1) is 22.7 Å². The second kappa shape index (κ2) is 8.89. The number of nitrogens with two attached hydrogens (primary N) is 1. The normalized spacial score (nSPS) is 20.4. The number of fused-ring (bicyclic) bond motifs is 1. The molecule has 7 heteroatoms. The van der Waals surface area contributed by atoms with Crippen molar-refractivity contribution in [3.8, 4) is 23.6 Å². The second-order valence-electron chi connectivity index (χ2n) is 9.22. The van der Waals surface area contributed by atoms with E-state index in [4.69, 9.17) is 15.2 Å². The predicted molar refractivity (Wildman–Crippen MR) is 136 cm³/mol. The molecule has 0 amide bonds. The van der Waals surface area contributed by atoms with E-state index >= 15 is 0 Å². The van der Waals surface area contributed by atoms with Crippen molar-refractivity contribution in [2.75, 3.05) is 11.7 Å². The van der Waals surface area contributed by atoms with E-state index in [-0.39, 0.29) is 29.9 Å². The third-order valence-corrected chi connectivity index (χ3v) is 7.23. The molecule has 3 aromatic carbocycles. The molecule has 0 saturated carbocycles. The number of anilines is 1. The standard InChI is InChI=1S/C30H22N4O3/c31-15-20-8-4-5-9-23(20)34-24-12-21(18-6-2-1-3-7-18)13-25(35)29(24)28(22(16-32)30(34)33)19-10-11-26-27(14-19)37-17-36-26/h1-11,14,21,28H,12-13,17,33H2/t21-,28+/m1/s1. The third kappa shape index (κ3) is 3.61. The molecule has 0 bridgehead atoms. The summed E-state index contributed by atoms with van der Waals surface area (Å²) in [5.41, 5.74) is 11.0. The zero-order chi connectivity index (χ0) is 25.5. The van der Waals surface area contributed by atoms with Gasteiger partial charge in [-0.1, -0.05) is 48.5 Å². The minimum atomic E-state index is -0.649. The number of carbonyl (C=O) groups is 1. The van der Waals surface area contributed by atoms with Crippen molar-refractivity contribution in [2.45, 2.75) is 24.7 Å². The first-order valence-electron chi connectivity index (χ1n) is 12.0. The lowest BCUT2D eigenvalue weighted by molar-refractivity contribution is -0.116. The van der Waals surface area contributed by atoms with Gasteiger partial charge in [0.15, 0.2) is 17.3 Å². The molecular formula is C30H22N4O3. The molecule has 0 fully saturated rings. The SMILES string of the molecule is N#CC1=C(N)N(c2ccccc2C#N)C2=C(C(=O)C[C@H](c3ccccc3)C2)[C@H]1c1ccc2c(c1)OCO2. The molecule has 37 heavy (non-hydrogen) atoms. The van der Waals surface area contributed by atoms with Gasteiger partial charge in [0.2, 0.25) is 6.79 Å². The first kappa shape index (κ1) is 22.5. The number of carbonyl (C=O) groups excluding carboxylic acids is 1. The van der Waals surface area contributed by atoms with Crippen molar-refractivity contribution in [1.82, 2.24) is 0 Å². The van der Waals surface area contributed by atoms with Crippen LogP contribution in [0.2, 0.25) is 0 Å². The average molecular weight is 487 g/mol. The first-order chi connectivity index (χ1) is 18.1. The van der Waals surface area contributed by atoms with E-state index in [1.165, 1.54) is 0 Å². The van der Waals surface area contributed by atoms with Crippen LogP contribution in [0.3, 0.4) is 0 Å². The van der Waals surface area contributed by atoms with Gasteiger partial charge >= 0.3 is 0 Å². The monoisotopic (exact) mass is 486 g/mol. The minimum Gasteiger partial charge on any atom is -0.454 e. The Morgan fingerprint density at radius 1 is 0.865 bits per heavy atom. The van der Waals surface area contributed by atoms with E-state index in [0.717, 1.165) is 11.1 Å². The van der Waals surface area contributed by atoms with E-state index in [2.05, 4.69) is 12.1 Å². The molecular weight excluding hydrogens is 464 g/mol. The van der Waals surface area contributed by atoms with Crippen LogP contribution in [0.25, 0.3) is 0 Å². The highest BCUT2D eigenvalue weighted by Crippen LogP contribution is 2.50. The number of ether oxygens (including phenoxy) is 2. The van der Waals surface area contributed by atoms with Crippen LogP contribution < -0.4 is 20.1 Å². The molecule has 2 aliphatic heterocycles. The molecule has 1 aliphatic carbocycles. The van der Waals surface area contributed by atoms with Crippen molar-refractivity contribution in [3.63, 3.8) is 0 Å². The largest absolute Gasteiger partial charge is 0.454 e. The highest BCUT2D eigenvalue weighted by Gasteiger charge is 2.43. The first-order valence-corrected chi connectivity index (χ1v) is 12.0.